The van der Waals surface area contributed by atoms with Gasteiger partial charge in [-0.15, -0.1) is 0 Å². The molecule has 1 aliphatic heterocycles. The van der Waals surface area contributed by atoms with E-state index in [1.807, 2.05) is 12.1 Å². The number of anilines is 1. The Bertz CT molecular complexity index is 346. The van der Waals surface area contributed by atoms with Crippen molar-refractivity contribution in [2.24, 2.45) is 5.73 Å². The van der Waals surface area contributed by atoms with Crippen LogP contribution in [-0.4, -0.2) is 29.2 Å². The third kappa shape index (κ3) is 2.64. The average Bonchev–Trinajstić information content (AvgIpc) is 2.71. The van der Waals surface area contributed by atoms with Crippen LogP contribution in [0.15, 0.2) is 18.3 Å². The molecule has 5 heteroatoms. The van der Waals surface area contributed by atoms with Crippen LogP contribution in [0.3, 0.4) is 0 Å². The first-order valence-corrected chi connectivity index (χ1v) is 5.26. The lowest BCUT2D eigenvalue weighted by Crippen LogP contribution is -2.19. The Morgan fingerprint density at radius 1 is 1.60 bits per heavy atom. The van der Waals surface area contributed by atoms with Gasteiger partial charge >= 0.3 is 0 Å². The number of nitrogens with two attached hydrogens (primary N) is 1. The second-order valence-corrected chi connectivity index (χ2v) is 3.94. The molecule has 0 bridgehead atoms. The quantitative estimate of drug-likeness (QED) is 0.746. The summed E-state index contributed by atoms with van der Waals surface area (Å²) in [6.45, 7) is 1.57. The van der Waals surface area contributed by atoms with E-state index in [1.165, 1.54) is 0 Å². The molecule has 0 spiro atoms. The van der Waals surface area contributed by atoms with Crippen molar-refractivity contribution in [2.75, 3.05) is 18.5 Å². The number of ether oxygens (including phenoxy) is 1. The Morgan fingerprint density at radius 3 is 3.00 bits per heavy atom. The first kappa shape index (κ1) is 10.3. The maximum Gasteiger partial charge on any atom is 0.126 e. The fraction of sp³-hybridized carbons (Fsp3) is 0.400. The largest absolute Gasteiger partial charge is 0.389 e. The molecule has 0 saturated carbocycles. The minimum absolute atomic E-state index is 0.369. The predicted octanol–water partition coefficient (Wildman–Crippen LogP) is 0.917. The summed E-state index contributed by atoms with van der Waals surface area (Å²) in [7, 11) is 0. The van der Waals surface area contributed by atoms with Crippen LogP contribution in [0.1, 0.15) is 12.0 Å². The highest BCUT2D eigenvalue weighted by molar-refractivity contribution is 7.80. The SMILES string of the molecule is NC(=S)c1ccc(NC2CCOC2)nc1. The molecule has 1 unspecified atom stereocenters. The van der Waals surface area contributed by atoms with Crippen molar-refractivity contribution in [1.82, 2.24) is 4.98 Å². The smallest absolute Gasteiger partial charge is 0.126 e. The standard InChI is InChI=1S/C10H13N3OS/c11-10(15)7-1-2-9(12-5-7)13-8-3-4-14-6-8/h1-2,5,8H,3-4,6H2,(H2,11,15)(H,12,13). The Labute approximate surface area is 93.8 Å². The van der Waals surface area contributed by atoms with Crippen molar-refractivity contribution in [2.45, 2.75) is 12.5 Å². The average molecular weight is 223 g/mol. The van der Waals surface area contributed by atoms with Crippen LogP contribution in [0.5, 0.6) is 0 Å². The van der Waals surface area contributed by atoms with Gasteiger partial charge in [0, 0.05) is 18.4 Å². The molecule has 0 amide bonds. The number of hydrogen-bond donors (Lipinski definition) is 2. The summed E-state index contributed by atoms with van der Waals surface area (Å²) in [6.07, 6.45) is 2.71. The molecule has 15 heavy (non-hydrogen) atoms. The van der Waals surface area contributed by atoms with E-state index in [-0.39, 0.29) is 0 Å². The Balaban J connectivity index is 2.00. The molecule has 2 heterocycles. The van der Waals surface area contributed by atoms with Gasteiger partial charge < -0.3 is 15.8 Å². The van der Waals surface area contributed by atoms with Gasteiger partial charge in [-0.05, 0) is 18.6 Å². The van der Waals surface area contributed by atoms with Crippen molar-refractivity contribution >= 4 is 23.0 Å². The van der Waals surface area contributed by atoms with Gasteiger partial charge in [-0.2, -0.15) is 0 Å². The van der Waals surface area contributed by atoms with Crippen LogP contribution in [0.25, 0.3) is 0 Å². The highest BCUT2D eigenvalue weighted by Gasteiger charge is 2.15. The highest BCUT2D eigenvalue weighted by atomic mass is 32.1. The fourth-order valence-corrected chi connectivity index (χ4v) is 1.60. The zero-order valence-corrected chi connectivity index (χ0v) is 9.09. The molecule has 1 aliphatic rings. The molecule has 3 N–H and O–H groups in total. The summed E-state index contributed by atoms with van der Waals surface area (Å²) < 4.78 is 5.26. The van der Waals surface area contributed by atoms with E-state index in [9.17, 15) is 0 Å². The number of pyridine rings is 1. The molecule has 1 atom stereocenters. The van der Waals surface area contributed by atoms with E-state index in [0.29, 0.717) is 11.0 Å². The second kappa shape index (κ2) is 4.55. The lowest BCUT2D eigenvalue weighted by molar-refractivity contribution is 0.195. The van der Waals surface area contributed by atoms with E-state index in [2.05, 4.69) is 10.3 Å². The molecule has 0 aromatic carbocycles. The maximum absolute atomic E-state index is 5.48. The molecule has 2 rings (SSSR count). The molecular formula is C10H13N3OS. The zero-order chi connectivity index (χ0) is 10.7. The van der Waals surface area contributed by atoms with Crippen LogP contribution in [0.4, 0.5) is 5.82 Å². The van der Waals surface area contributed by atoms with E-state index >= 15 is 0 Å². The maximum atomic E-state index is 5.48. The third-order valence-corrected chi connectivity index (χ3v) is 2.57. The molecule has 0 radical (unpaired) electrons. The van der Waals surface area contributed by atoms with Gasteiger partial charge in [-0.25, -0.2) is 4.98 Å². The zero-order valence-electron chi connectivity index (χ0n) is 8.27. The fourth-order valence-electron chi connectivity index (χ4n) is 1.48. The summed E-state index contributed by atoms with van der Waals surface area (Å²) in [5.74, 6) is 0.838. The third-order valence-electron chi connectivity index (χ3n) is 2.33. The predicted molar refractivity (Wildman–Crippen MR) is 63.0 cm³/mol. The minimum atomic E-state index is 0.369. The van der Waals surface area contributed by atoms with Crippen LogP contribution < -0.4 is 11.1 Å². The van der Waals surface area contributed by atoms with Gasteiger partial charge in [0.15, 0.2) is 0 Å². The number of thiocarbonyl (C=S) groups is 1. The normalized spacial score (nSPS) is 20.1. The van der Waals surface area contributed by atoms with Crippen LogP contribution in [0, 0.1) is 0 Å². The highest BCUT2D eigenvalue weighted by Crippen LogP contribution is 2.11. The molecule has 1 saturated heterocycles. The molecule has 1 aromatic heterocycles. The Hall–Kier alpha value is -1.20. The summed E-state index contributed by atoms with van der Waals surface area (Å²) in [5.41, 5.74) is 6.27. The topological polar surface area (TPSA) is 60.2 Å². The number of nitrogens with zero attached hydrogens (tertiary/aromatic N) is 1. The molecule has 4 nitrogen and oxygen atoms in total. The van der Waals surface area contributed by atoms with Crippen molar-refractivity contribution in [3.05, 3.63) is 23.9 Å². The number of hydrogen-bond acceptors (Lipinski definition) is 4. The number of rotatable bonds is 3. The Morgan fingerprint density at radius 2 is 2.47 bits per heavy atom. The summed E-state index contributed by atoms with van der Waals surface area (Å²) in [4.78, 5) is 4.60. The first-order chi connectivity index (χ1) is 7.25. The van der Waals surface area contributed by atoms with Crippen molar-refractivity contribution in [1.29, 1.82) is 0 Å². The van der Waals surface area contributed by atoms with E-state index < -0.39 is 0 Å². The monoisotopic (exact) mass is 223 g/mol. The van der Waals surface area contributed by atoms with Crippen molar-refractivity contribution < 1.29 is 4.74 Å². The van der Waals surface area contributed by atoms with Crippen molar-refractivity contribution in [3.63, 3.8) is 0 Å². The van der Waals surface area contributed by atoms with Crippen LogP contribution in [0.2, 0.25) is 0 Å². The van der Waals surface area contributed by atoms with Crippen molar-refractivity contribution in [3.8, 4) is 0 Å². The van der Waals surface area contributed by atoms with E-state index in [1.54, 1.807) is 6.20 Å². The Kier molecular flexibility index (Phi) is 3.13. The molecule has 1 aromatic rings. The lowest BCUT2D eigenvalue weighted by atomic mass is 10.2. The molecule has 1 fully saturated rings. The molecule has 80 valence electrons. The minimum Gasteiger partial charge on any atom is -0.389 e. The molecular weight excluding hydrogens is 210 g/mol. The summed E-state index contributed by atoms with van der Waals surface area (Å²) in [6, 6.07) is 4.12. The first-order valence-electron chi connectivity index (χ1n) is 4.86. The van der Waals surface area contributed by atoms with Gasteiger partial charge in [0.25, 0.3) is 0 Å². The van der Waals surface area contributed by atoms with Crippen LogP contribution >= 0.6 is 12.2 Å². The molecule has 0 aliphatic carbocycles. The van der Waals surface area contributed by atoms with E-state index in [4.69, 9.17) is 22.7 Å². The summed E-state index contributed by atoms with van der Waals surface area (Å²) >= 11 is 4.85. The van der Waals surface area contributed by atoms with E-state index in [0.717, 1.165) is 31.0 Å². The number of nitrogens with one attached hydrogen (secondary N) is 1. The van der Waals surface area contributed by atoms with Gasteiger partial charge in [0.05, 0.1) is 12.6 Å². The van der Waals surface area contributed by atoms with Crippen LogP contribution in [-0.2, 0) is 4.74 Å². The lowest BCUT2D eigenvalue weighted by Gasteiger charge is -2.11. The van der Waals surface area contributed by atoms with Gasteiger partial charge in [-0.1, -0.05) is 12.2 Å². The second-order valence-electron chi connectivity index (χ2n) is 3.50. The van der Waals surface area contributed by atoms with Gasteiger partial charge in [0.1, 0.15) is 10.8 Å². The van der Waals surface area contributed by atoms with Gasteiger partial charge in [-0.3, -0.25) is 0 Å². The number of aromatic nitrogens is 1. The van der Waals surface area contributed by atoms with Gasteiger partial charge in [0.2, 0.25) is 0 Å². The summed E-state index contributed by atoms with van der Waals surface area (Å²) in [5, 5.41) is 3.29.